The Morgan fingerprint density at radius 1 is 1.36 bits per heavy atom. The third-order valence-electron chi connectivity index (χ3n) is 2.15. The van der Waals surface area contributed by atoms with Crippen LogP contribution in [0.3, 0.4) is 0 Å². The van der Waals surface area contributed by atoms with Crippen LogP contribution in [0, 0.1) is 0 Å². The van der Waals surface area contributed by atoms with Gasteiger partial charge < -0.3 is 0 Å². The van der Waals surface area contributed by atoms with E-state index in [0.717, 1.165) is 13.2 Å². The van der Waals surface area contributed by atoms with Crippen LogP contribution in [0.25, 0.3) is 0 Å². The van der Waals surface area contributed by atoms with Gasteiger partial charge >= 0.3 is 73.7 Å². The molecule has 11 heavy (non-hydrogen) atoms. The summed E-state index contributed by atoms with van der Waals surface area (Å²) in [5.41, 5.74) is 0. The molecule has 0 aromatic carbocycles. The minimum atomic E-state index is -1.70. The third-order valence-corrected chi connectivity index (χ3v) is 8.94. The maximum atomic E-state index is 5.38. The van der Waals surface area contributed by atoms with Crippen molar-refractivity contribution >= 4 is 18.4 Å². The summed E-state index contributed by atoms with van der Waals surface area (Å²) in [6.45, 7) is 1.82. The van der Waals surface area contributed by atoms with Gasteiger partial charge in [-0.25, -0.2) is 0 Å². The topological polar surface area (TPSA) is 9.23 Å². The van der Waals surface area contributed by atoms with Crippen molar-refractivity contribution in [1.29, 1.82) is 0 Å². The fourth-order valence-electron chi connectivity index (χ4n) is 1.39. The van der Waals surface area contributed by atoms with Crippen LogP contribution in [0.2, 0.25) is 14.8 Å². The summed E-state index contributed by atoms with van der Waals surface area (Å²) < 4.78 is 7.14. The molecule has 0 saturated carbocycles. The molecule has 1 heterocycles. The molecule has 0 spiro atoms. The van der Waals surface area contributed by atoms with Gasteiger partial charge in [0.15, 0.2) is 0 Å². The number of allylic oxidation sites excluding steroid dienone is 1. The molecule has 0 amide bonds. The van der Waals surface area contributed by atoms with Crippen molar-refractivity contribution in [3.8, 4) is 0 Å². The molecule has 0 radical (unpaired) electrons. The normalized spacial score (nSPS) is 20.8. The molecule has 0 atom stereocenters. The molecular formula is C9H18OSn. The fourth-order valence-corrected chi connectivity index (χ4v) is 6.02. The van der Waals surface area contributed by atoms with E-state index in [0.29, 0.717) is 0 Å². The summed E-state index contributed by atoms with van der Waals surface area (Å²) in [6.07, 6.45) is 4.88. The first-order valence-electron chi connectivity index (χ1n) is 4.38. The summed E-state index contributed by atoms with van der Waals surface area (Å²) in [5, 5.41) is 0. The fraction of sp³-hybridized carbons (Fsp3) is 0.778. The van der Waals surface area contributed by atoms with Crippen LogP contribution in [-0.2, 0) is 4.74 Å². The Morgan fingerprint density at radius 2 is 2.09 bits per heavy atom. The van der Waals surface area contributed by atoms with E-state index in [4.69, 9.17) is 4.74 Å². The zero-order chi connectivity index (χ0) is 8.32. The van der Waals surface area contributed by atoms with E-state index in [-0.39, 0.29) is 0 Å². The molecule has 1 rings (SSSR count). The monoisotopic (exact) mass is 262 g/mol. The molecule has 64 valence electrons. The van der Waals surface area contributed by atoms with Crippen LogP contribution >= 0.6 is 0 Å². The van der Waals surface area contributed by atoms with Gasteiger partial charge in [-0.2, -0.15) is 0 Å². The first kappa shape index (κ1) is 9.59. The van der Waals surface area contributed by atoms with Crippen molar-refractivity contribution in [2.75, 3.05) is 13.2 Å². The van der Waals surface area contributed by atoms with Gasteiger partial charge in [0.05, 0.1) is 0 Å². The third kappa shape index (κ3) is 3.16. The van der Waals surface area contributed by atoms with E-state index in [1.807, 2.05) is 0 Å². The van der Waals surface area contributed by atoms with Gasteiger partial charge in [-0.05, 0) is 0 Å². The SMILES string of the molecule is [CH3][Sn]([CH3])([CH3])[C]1=CCOCCC1. The second kappa shape index (κ2) is 3.94. The van der Waals surface area contributed by atoms with Crippen LogP contribution in [0.15, 0.2) is 9.67 Å². The Balaban J connectivity index is 2.61. The predicted octanol–water partition coefficient (Wildman–Crippen LogP) is 2.60. The Labute approximate surface area is 73.7 Å². The zero-order valence-corrected chi connectivity index (χ0v) is 10.7. The van der Waals surface area contributed by atoms with E-state index in [2.05, 4.69) is 20.9 Å². The van der Waals surface area contributed by atoms with E-state index in [1.54, 1.807) is 3.59 Å². The molecule has 0 aliphatic carbocycles. The first-order chi connectivity index (χ1) is 5.11. The van der Waals surface area contributed by atoms with Gasteiger partial charge in [0.1, 0.15) is 0 Å². The second-order valence-corrected chi connectivity index (χ2v) is 18.8. The van der Waals surface area contributed by atoms with Gasteiger partial charge in [0.25, 0.3) is 0 Å². The van der Waals surface area contributed by atoms with Crippen molar-refractivity contribution < 1.29 is 4.74 Å². The number of hydrogen-bond acceptors (Lipinski definition) is 1. The molecule has 0 N–H and O–H groups in total. The summed E-state index contributed by atoms with van der Waals surface area (Å²) >= 11 is -1.70. The molecule has 1 nitrogen and oxygen atoms in total. The van der Waals surface area contributed by atoms with Gasteiger partial charge in [-0.15, -0.1) is 0 Å². The average Bonchev–Trinajstić information content (AvgIpc) is 2.10. The average molecular weight is 261 g/mol. The number of hydrogen-bond donors (Lipinski definition) is 0. The Hall–Kier alpha value is 0.499. The van der Waals surface area contributed by atoms with Crippen molar-refractivity contribution in [3.63, 3.8) is 0 Å². The quantitative estimate of drug-likeness (QED) is 0.659. The molecule has 0 saturated heterocycles. The van der Waals surface area contributed by atoms with Crippen LogP contribution in [-0.4, -0.2) is 31.6 Å². The molecule has 0 unspecified atom stereocenters. The van der Waals surface area contributed by atoms with Crippen molar-refractivity contribution in [2.45, 2.75) is 27.7 Å². The standard InChI is InChI=1S/C6H9O.3CH3.Sn/c1-2-4-6-7-5-3-1;;;;/h4H,1,3,5-6H2;3*1H3;. The van der Waals surface area contributed by atoms with Crippen LogP contribution < -0.4 is 0 Å². The Bertz CT molecular complexity index is 155. The minimum absolute atomic E-state index is 0.865. The van der Waals surface area contributed by atoms with Crippen LogP contribution in [0.5, 0.6) is 0 Å². The molecule has 2 heteroatoms. The predicted molar refractivity (Wildman–Crippen MR) is 51.5 cm³/mol. The van der Waals surface area contributed by atoms with E-state index >= 15 is 0 Å². The van der Waals surface area contributed by atoms with Crippen molar-refractivity contribution in [3.05, 3.63) is 9.67 Å². The molecule has 0 aromatic rings. The zero-order valence-electron chi connectivity index (χ0n) is 7.81. The Morgan fingerprint density at radius 3 is 2.73 bits per heavy atom. The van der Waals surface area contributed by atoms with Crippen LogP contribution in [0.4, 0.5) is 0 Å². The molecule has 1 aliphatic rings. The molecule has 1 aliphatic heterocycles. The van der Waals surface area contributed by atoms with Gasteiger partial charge in [0.2, 0.25) is 0 Å². The summed E-state index contributed by atoms with van der Waals surface area (Å²) in [7, 11) is 0. The van der Waals surface area contributed by atoms with Gasteiger partial charge in [0, 0.05) is 0 Å². The van der Waals surface area contributed by atoms with Crippen LogP contribution in [0.1, 0.15) is 12.8 Å². The summed E-state index contributed by atoms with van der Waals surface area (Å²) in [6, 6.07) is 0. The maximum absolute atomic E-state index is 5.38. The summed E-state index contributed by atoms with van der Waals surface area (Å²) in [4.78, 5) is 7.43. The second-order valence-electron chi connectivity index (χ2n) is 4.16. The number of ether oxygens (including phenoxy) is 1. The Kier molecular flexibility index (Phi) is 3.44. The van der Waals surface area contributed by atoms with Crippen molar-refractivity contribution in [1.82, 2.24) is 0 Å². The molecular weight excluding hydrogens is 243 g/mol. The van der Waals surface area contributed by atoms with Gasteiger partial charge in [-0.3, -0.25) is 0 Å². The number of rotatable bonds is 1. The summed E-state index contributed by atoms with van der Waals surface area (Å²) in [5.74, 6) is 0. The molecule has 0 aromatic heterocycles. The molecule has 0 bridgehead atoms. The first-order valence-corrected chi connectivity index (χ1v) is 14.4. The van der Waals surface area contributed by atoms with Gasteiger partial charge in [-0.1, -0.05) is 0 Å². The molecule has 0 fully saturated rings. The van der Waals surface area contributed by atoms with E-state index < -0.39 is 18.4 Å². The van der Waals surface area contributed by atoms with E-state index in [1.165, 1.54) is 12.8 Å². The van der Waals surface area contributed by atoms with Crippen molar-refractivity contribution in [2.24, 2.45) is 0 Å². The van der Waals surface area contributed by atoms with E-state index in [9.17, 15) is 0 Å².